The molecule has 1 saturated heterocycles. The largest absolute Gasteiger partial charge is 0.314 e. The molecule has 2 aromatic rings. The van der Waals surface area contributed by atoms with Crippen molar-refractivity contribution in [2.75, 3.05) is 19.6 Å². The van der Waals surface area contributed by atoms with Crippen LogP contribution in [-0.2, 0) is 6.54 Å². The predicted molar refractivity (Wildman–Crippen MR) is 72.7 cm³/mol. The zero-order chi connectivity index (χ0) is 12.5. The Labute approximate surface area is 108 Å². The van der Waals surface area contributed by atoms with Crippen LogP contribution in [0.15, 0.2) is 24.5 Å². The van der Waals surface area contributed by atoms with Gasteiger partial charge in [-0.15, -0.1) is 0 Å². The van der Waals surface area contributed by atoms with Gasteiger partial charge in [-0.3, -0.25) is 4.90 Å². The number of piperazine rings is 1. The Morgan fingerprint density at radius 3 is 3.11 bits per heavy atom. The number of fused-ring (bicyclic) bond motifs is 1. The smallest absolute Gasteiger partial charge is 0.137 e. The highest BCUT2D eigenvalue weighted by Gasteiger charge is 2.18. The van der Waals surface area contributed by atoms with E-state index in [4.69, 9.17) is 0 Å². The maximum absolute atomic E-state index is 4.68. The van der Waals surface area contributed by atoms with Crippen molar-refractivity contribution in [2.45, 2.75) is 26.4 Å². The molecule has 3 rings (SSSR count). The monoisotopic (exact) mass is 244 g/mol. The highest BCUT2D eigenvalue weighted by Crippen LogP contribution is 2.12. The van der Waals surface area contributed by atoms with Crippen LogP contribution >= 0.6 is 0 Å². The molecule has 0 spiro atoms. The highest BCUT2D eigenvalue weighted by atomic mass is 15.2. The Bertz CT molecular complexity index is 546. The molecule has 4 heteroatoms. The van der Waals surface area contributed by atoms with Crippen molar-refractivity contribution >= 4 is 5.65 Å². The maximum atomic E-state index is 4.68. The van der Waals surface area contributed by atoms with Crippen LogP contribution in [0.3, 0.4) is 0 Å². The Morgan fingerprint density at radius 2 is 2.28 bits per heavy atom. The molecule has 0 amide bonds. The maximum Gasteiger partial charge on any atom is 0.137 e. The molecule has 4 nitrogen and oxygen atoms in total. The fraction of sp³-hybridized carbons (Fsp3) is 0.500. The van der Waals surface area contributed by atoms with Crippen LogP contribution in [0.5, 0.6) is 0 Å². The number of hydrogen-bond acceptors (Lipinski definition) is 3. The van der Waals surface area contributed by atoms with E-state index >= 15 is 0 Å². The third-order valence-electron chi connectivity index (χ3n) is 3.65. The van der Waals surface area contributed by atoms with Gasteiger partial charge in [-0.05, 0) is 25.5 Å². The van der Waals surface area contributed by atoms with Crippen LogP contribution in [0.2, 0.25) is 0 Å². The lowest BCUT2D eigenvalue weighted by Crippen LogP contribution is -2.49. The SMILES string of the molecule is Cc1ccc2nc(CN3CCNC[C@H]3C)cn2c1. The first kappa shape index (κ1) is 11.7. The predicted octanol–water partition coefficient (Wildman–Crippen LogP) is 1.44. The fourth-order valence-corrected chi connectivity index (χ4v) is 2.56. The third kappa shape index (κ3) is 2.26. The molecular formula is C14H20N4. The molecule has 0 bridgehead atoms. The number of aromatic nitrogens is 2. The zero-order valence-corrected chi connectivity index (χ0v) is 11.1. The number of rotatable bonds is 2. The van der Waals surface area contributed by atoms with E-state index in [2.05, 4.69) is 58.0 Å². The zero-order valence-electron chi connectivity index (χ0n) is 11.1. The molecule has 1 fully saturated rings. The minimum absolute atomic E-state index is 0.588. The van der Waals surface area contributed by atoms with E-state index in [1.807, 2.05) is 0 Å². The lowest BCUT2D eigenvalue weighted by Gasteiger charge is -2.33. The summed E-state index contributed by atoms with van der Waals surface area (Å²) in [6.45, 7) is 8.59. The molecule has 1 aliphatic heterocycles. The molecule has 1 aliphatic rings. The number of hydrogen-bond donors (Lipinski definition) is 1. The Balaban J connectivity index is 1.81. The normalized spacial score (nSPS) is 21.6. The molecule has 0 saturated carbocycles. The van der Waals surface area contributed by atoms with Crippen molar-refractivity contribution in [3.63, 3.8) is 0 Å². The standard InChI is InChI=1S/C14H20N4/c1-11-3-4-14-16-13(10-18(14)8-11)9-17-6-5-15-7-12(17)2/h3-4,8,10,12,15H,5-7,9H2,1-2H3/t12-/m1/s1. The van der Waals surface area contributed by atoms with E-state index in [9.17, 15) is 0 Å². The number of aryl methyl sites for hydroxylation is 1. The van der Waals surface area contributed by atoms with Gasteiger partial charge in [0.05, 0.1) is 5.69 Å². The molecule has 0 aliphatic carbocycles. The van der Waals surface area contributed by atoms with Crippen LogP contribution in [0.4, 0.5) is 0 Å². The van der Waals surface area contributed by atoms with Gasteiger partial charge in [0.25, 0.3) is 0 Å². The van der Waals surface area contributed by atoms with Crippen molar-refractivity contribution in [3.8, 4) is 0 Å². The molecule has 0 aromatic carbocycles. The second kappa shape index (κ2) is 4.71. The van der Waals surface area contributed by atoms with Gasteiger partial charge in [0.2, 0.25) is 0 Å². The van der Waals surface area contributed by atoms with Crippen LogP contribution in [-0.4, -0.2) is 40.0 Å². The lowest BCUT2D eigenvalue weighted by molar-refractivity contribution is 0.164. The van der Waals surface area contributed by atoms with Crippen molar-refractivity contribution < 1.29 is 0 Å². The second-order valence-corrected chi connectivity index (χ2v) is 5.23. The summed E-state index contributed by atoms with van der Waals surface area (Å²) in [6.07, 6.45) is 4.28. The van der Waals surface area contributed by atoms with E-state index < -0.39 is 0 Å². The van der Waals surface area contributed by atoms with E-state index in [1.54, 1.807) is 0 Å². The van der Waals surface area contributed by atoms with Crippen LogP contribution in [0.25, 0.3) is 5.65 Å². The molecule has 96 valence electrons. The lowest BCUT2D eigenvalue weighted by atomic mass is 10.2. The molecule has 3 heterocycles. The summed E-state index contributed by atoms with van der Waals surface area (Å²) in [7, 11) is 0. The van der Waals surface area contributed by atoms with Gasteiger partial charge in [0.15, 0.2) is 0 Å². The topological polar surface area (TPSA) is 32.6 Å². The molecular weight excluding hydrogens is 224 g/mol. The number of nitrogens with one attached hydrogen (secondary N) is 1. The van der Waals surface area contributed by atoms with Crippen LogP contribution in [0.1, 0.15) is 18.2 Å². The first-order valence-electron chi connectivity index (χ1n) is 6.61. The second-order valence-electron chi connectivity index (χ2n) is 5.23. The van der Waals surface area contributed by atoms with E-state index in [0.717, 1.165) is 37.5 Å². The Hall–Kier alpha value is -1.39. The number of pyridine rings is 1. The van der Waals surface area contributed by atoms with E-state index in [0.29, 0.717) is 6.04 Å². The van der Waals surface area contributed by atoms with Crippen molar-refractivity contribution in [3.05, 3.63) is 35.8 Å². The molecule has 2 aromatic heterocycles. The molecule has 1 atom stereocenters. The minimum Gasteiger partial charge on any atom is -0.314 e. The van der Waals surface area contributed by atoms with E-state index in [-0.39, 0.29) is 0 Å². The van der Waals surface area contributed by atoms with Gasteiger partial charge in [-0.1, -0.05) is 6.07 Å². The van der Waals surface area contributed by atoms with Crippen molar-refractivity contribution in [1.82, 2.24) is 19.6 Å². The summed E-state index contributed by atoms with van der Waals surface area (Å²) in [5.74, 6) is 0. The van der Waals surface area contributed by atoms with Crippen molar-refractivity contribution in [2.24, 2.45) is 0 Å². The molecule has 18 heavy (non-hydrogen) atoms. The summed E-state index contributed by atoms with van der Waals surface area (Å²) in [5.41, 5.74) is 3.47. The molecule has 0 radical (unpaired) electrons. The van der Waals surface area contributed by atoms with Gasteiger partial charge < -0.3 is 9.72 Å². The highest BCUT2D eigenvalue weighted by molar-refractivity contribution is 5.41. The Kier molecular flexibility index (Phi) is 3.06. The van der Waals surface area contributed by atoms with Crippen molar-refractivity contribution in [1.29, 1.82) is 0 Å². The minimum atomic E-state index is 0.588. The summed E-state index contributed by atoms with van der Waals surface area (Å²) in [6, 6.07) is 4.78. The summed E-state index contributed by atoms with van der Waals surface area (Å²) < 4.78 is 2.12. The number of imidazole rings is 1. The molecule has 0 unspecified atom stereocenters. The van der Waals surface area contributed by atoms with Gasteiger partial charge in [-0.25, -0.2) is 4.98 Å². The fourth-order valence-electron chi connectivity index (χ4n) is 2.56. The van der Waals surface area contributed by atoms with Gasteiger partial charge >= 0.3 is 0 Å². The number of nitrogens with zero attached hydrogens (tertiary/aromatic N) is 3. The summed E-state index contributed by atoms with van der Waals surface area (Å²) >= 11 is 0. The average molecular weight is 244 g/mol. The third-order valence-corrected chi connectivity index (χ3v) is 3.65. The first-order chi connectivity index (χ1) is 8.72. The first-order valence-corrected chi connectivity index (χ1v) is 6.61. The van der Waals surface area contributed by atoms with Crippen LogP contribution in [0, 0.1) is 6.92 Å². The van der Waals surface area contributed by atoms with Gasteiger partial charge in [0.1, 0.15) is 5.65 Å². The molecule has 1 N–H and O–H groups in total. The Morgan fingerprint density at radius 1 is 1.39 bits per heavy atom. The van der Waals surface area contributed by atoms with Gasteiger partial charge in [-0.2, -0.15) is 0 Å². The van der Waals surface area contributed by atoms with E-state index in [1.165, 1.54) is 5.56 Å². The average Bonchev–Trinajstić information content (AvgIpc) is 2.73. The summed E-state index contributed by atoms with van der Waals surface area (Å²) in [5, 5.41) is 3.42. The summed E-state index contributed by atoms with van der Waals surface area (Å²) in [4.78, 5) is 7.17. The van der Waals surface area contributed by atoms with Crippen LogP contribution < -0.4 is 5.32 Å². The van der Waals surface area contributed by atoms with Gasteiger partial charge in [0, 0.05) is 44.6 Å². The quantitative estimate of drug-likeness (QED) is 0.867.